The largest absolute Gasteiger partial charge is 0.0654 e. The zero-order valence-electron chi connectivity index (χ0n) is 10.2. The molecular formula is C14H28. The van der Waals surface area contributed by atoms with E-state index < -0.39 is 0 Å². The molecule has 1 fully saturated rings. The first-order valence-electron chi connectivity index (χ1n) is 6.86. The first-order valence-corrected chi connectivity index (χ1v) is 6.86. The molecule has 0 heterocycles. The second kappa shape index (κ2) is 7.31. The summed E-state index contributed by atoms with van der Waals surface area (Å²) in [4.78, 5) is 0. The average Bonchev–Trinajstić information content (AvgIpc) is 2.14. The highest BCUT2D eigenvalue weighted by atomic mass is 14.3. The molecule has 1 rings (SSSR count). The quantitative estimate of drug-likeness (QED) is 0.470. The van der Waals surface area contributed by atoms with Crippen LogP contribution in [0.2, 0.25) is 0 Å². The van der Waals surface area contributed by atoms with Gasteiger partial charge in [0.2, 0.25) is 0 Å². The van der Waals surface area contributed by atoms with E-state index in [-0.39, 0.29) is 0 Å². The summed E-state index contributed by atoms with van der Waals surface area (Å²) in [5.41, 5.74) is 0. The molecule has 1 saturated carbocycles. The van der Waals surface area contributed by atoms with Crippen molar-refractivity contribution in [3.05, 3.63) is 0 Å². The molecule has 1 aliphatic rings. The van der Waals surface area contributed by atoms with Gasteiger partial charge in [-0.3, -0.25) is 0 Å². The van der Waals surface area contributed by atoms with Crippen molar-refractivity contribution < 1.29 is 0 Å². The highest BCUT2D eigenvalue weighted by Gasteiger charge is 2.27. The number of unbranched alkanes of at least 4 members (excludes halogenated alkanes) is 4. The lowest BCUT2D eigenvalue weighted by Crippen LogP contribution is -2.23. The third-order valence-corrected chi connectivity index (χ3v) is 3.77. The van der Waals surface area contributed by atoms with Gasteiger partial charge in [-0.25, -0.2) is 0 Å². The van der Waals surface area contributed by atoms with E-state index in [4.69, 9.17) is 0 Å². The summed E-state index contributed by atoms with van der Waals surface area (Å²) in [7, 11) is 0. The smallest absolute Gasteiger partial charge is 0.0409 e. The molecule has 0 aromatic carbocycles. The van der Waals surface area contributed by atoms with Gasteiger partial charge in [0.25, 0.3) is 0 Å². The van der Waals surface area contributed by atoms with E-state index in [1.807, 2.05) is 0 Å². The minimum absolute atomic E-state index is 1.12. The van der Waals surface area contributed by atoms with Crippen molar-refractivity contribution in [3.63, 3.8) is 0 Å². The Bertz CT molecular complexity index is 119. The molecule has 0 bridgehead atoms. The summed E-state index contributed by atoms with van der Waals surface area (Å²) in [6.07, 6.45) is 14.8. The highest BCUT2D eigenvalue weighted by Crippen LogP contribution is 2.40. The minimum atomic E-state index is 1.12. The molecule has 0 amide bonds. The van der Waals surface area contributed by atoms with Gasteiger partial charge in [0, 0.05) is 0 Å². The first-order chi connectivity index (χ1) is 6.86. The lowest BCUT2D eigenvalue weighted by molar-refractivity contribution is 0.164. The zero-order valence-corrected chi connectivity index (χ0v) is 10.2. The van der Waals surface area contributed by atoms with Crippen molar-refractivity contribution in [1.82, 2.24) is 0 Å². The lowest BCUT2D eigenvalue weighted by atomic mass is 9.70. The molecule has 0 N–H and O–H groups in total. The second-order valence-corrected chi connectivity index (χ2v) is 5.20. The molecule has 1 aliphatic carbocycles. The average molecular weight is 196 g/mol. The van der Waals surface area contributed by atoms with Gasteiger partial charge >= 0.3 is 0 Å². The van der Waals surface area contributed by atoms with Crippen molar-refractivity contribution in [2.75, 3.05) is 0 Å². The standard InChI is InChI=1S/C14H28/c1-3-5-7-8-10-14-11-13(12-14)9-6-4-2/h13-14H,3-12H2,1-2H3. The molecule has 0 aromatic rings. The van der Waals surface area contributed by atoms with E-state index in [9.17, 15) is 0 Å². The van der Waals surface area contributed by atoms with Crippen LogP contribution in [0.25, 0.3) is 0 Å². The Labute approximate surface area is 90.5 Å². The molecular weight excluding hydrogens is 168 g/mol. The van der Waals surface area contributed by atoms with E-state index in [0.29, 0.717) is 0 Å². The number of hydrogen-bond donors (Lipinski definition) is 0. The van der Waals surface area contributed by atoms with Crippen LogP contribution in [0.1, 0.15) is 78.1 Å². The SMILES string of the molecule is CCCCCCC1CC(CCCC)C1. The van der Waals surface area contributed by atoms with Crippen molar-refractivity contribution in [2.24, 2.45) is 11.8 Å². The van der Waals surface area contributed by atoms with Gasteiger partial charge < -0.3 is 0 Å². The molecule has 0 spiro atoms. The summed E-state index contributed by atoms with van der Waals surface area (Å²) in [6.45, 7) is 4.60. The Balaban J connectivity index is 1.84. The molecule has 0 aliphatic heterocycles. The summed E-state index contributed by atoms with van der Waals surface area (Å²) >= 11 is 0. The van der Waals surface area contributed by atoms with Gasteiger partial charge in [-0.05, 0) is 24.7 Å². The Morgan fingerprint density at radius 3 is 1.86 bits per heavy atom. The summed E-state index contributed by atoms with van der Waals surface area (Å²) in [6, 6.07) is 0. The fourth-order valence-corrected chi connectivity index (χ4v) is 2.70. The maximum atomic E-state index is 2.31. The van der Waals surface area contributed by atoms with Crippen LogP contribution in [0.5, 0.6) is 0 Å². The molecule has 84 valence electrons. The third-order valence-electron chi connectivity index (χ3n) is 3.77. The van der Waals surface area contributed by atoms with Crippen LogP contribution >= 0.6 is 0 Å². The van der Waals surface area contributed by atoms with Crippen LogP contribution in [0.3, 0.4) is 0 Å². The van der Waals surface area contributed by atoms with Crippen LogP contribution < -0.4 is 0 Å². The first kappa shape index (κ1) is 12.1. The molecule has 0 aromatic heterocycles. The second-order valence-electron chi connectivity index (χ2n) is 5.20. The van der Waals surface area contributed by atoms with E-state index in [1.165, 1.54) is 51.4 Å². The zero-order chi connectivity index (χ0) is 10.2. The van der Waals surface area contributed by atoms with Crippen LogP contribution in [0.15, 0.2) is 0 Å². The monoisotopic (exact) mass is 196 g/mol. The summed E-state index contributed by atoms with van der Waals surface area (Å²) in [5.74, 6) is 2.24. The number of hydrogen-bond acceptors (Lipinski definition) is 0. The van der Waals surface area contributed by atoms with Crippen molar-refractivity contribution in [3.8, 4) is 0 Å². The van der Waals surface area contributed by atoms with Gasteiger partial charge in [-0.1, -0.05) is 65.2 Å². The molecule has 0 atom stereocenters. The highest BCUT2D eigenvalue weighted by molar-refractivity contribution is 4.79. The van der Waals surface area contributed by atoms with Gasteiger partial charge in [-0.2, -0.15) is 0 Å². The summed E-state index contributed by atoms with van der Waals surface area (Å²) in [5, 5.41) is 0. The Morgan fingerprint density at radius 2 is 1.29 bits per heavy atom. The van der Waals surface area contributed by atoms with E-state index >= 15 is 0 Å². The van der Waals surface area contributed by atoms with Crippen LogP contribution in [-0.4, -0.2) is 0 Å². The molecule has 0 saturated heterocycles. The predicted octanol–water partition coefficient (Wildman–Crippen LogP) is 5.17. The van der Waals surface area contributed by atoms with Crippen LogP contribution in [0.4, 0.5) is 0 Å². The molecule has 0 nitrogen and oxygen atoms in total. The maximum Gasteiger partial charge on any atom is -0.0409 e. The van der Waals surface area contributed by atoms with Gasteiger partial charge in [0.1, 0.15) is 0 Å². The predicted molar refractivity (Wildman–Crippen MR) is 64.5 cm³/mol. The van der Waals surface area contributed by atoms with Gasteiger partial charge in [-0.15, -0.1) is 0 Å². The van der Waals surface area contributed by atoms with E-state index in [1.54, 1.807) is 12.8 Å². The third kappa shape index (κ3) is 4.48. The molecule has 0 unspecified atom stereocenters. The molecule has 0 heteroatoms. The molecule has 0 radical (unpaired) electrons. The number of rotatable bonds is 8. The van der Waals surface area contributed by atoms with Crippen molar-refractivity contribution >= 4 is 0 Å². The fraction of sp³-hybridized carbons (Fsp3) is 1.00. The van der Waals surface area contributed by atoms with E-state index in [0.717, 1.165) is 11.8 Å². The maximum absolute atomic E-state index is 2.31. The molecule has 14 heavy (non-hydrogen) atoms. The van der Waals surface area contributed by atoms with E-state index in [2.05, 4.69) is 13.8 Å². The lowest BCUT2D eigenvalue weighted by Gasteiger charge is -2.35. The van der Waals surface area contributed by atoms with Crippen molar-refractivity contribution in [2.45, 2.75) is 78.1 Å². The van der Waals surface area contributed by atoms with Gasteiger partial charge in [0.15, 0.2) is 0 Å². The minimum Gasteiger partial charge on any atom is -0.0654 e. The normalized spacial score (nSPS) is 26.1. The van der Waals surface area contributed by atoms with Crippen LogP contribution in [0, 0.1) is 11.8 Å². The van der Waals surface area contributed by atoms with Crippen molar-refractivity contribution in [1.29, 1.82) is 0 Å². The topological polar surface area (TPSA) is 0 Å². The Hall–Kier alpha value is 0. The summed E-state index contributed by atoms with van der Waals surface area (Å²) < 4.78 is 0. The fourth-order valence-electron chi connectivity index (χ4n) is 2.70. The van der Waals surface area contributed by atoms with Gasteiger partial charge in [0.05, 0.1) is 0 Å². The van der Waals surface area contributed by atoms with Crippen LogP contribution in [-0.2, 0) is 0 Å². The Morgan fingerprint density at radius 1 is 0.714 bits per heavy atom. The Kier molecular flexibility index (Phi) is 6.31.